The minimum Gasteiger partial charge on any atom is -0.372 e. The number of aromatic nitrogens is 1. The molecule has 0 spiro atoms. The van der Waals surface area contributed by atoms with Crippen LogP contribution in [0.25, 0.3) is 11.3 Å². The van der Waals surface area contributed by atoms with Crippen molar-refractivity contribution in [2.45, 2.75) is 20.8 Å². The van der Waals surface area contributed by atoms with Gasteiger partial charge in [-0.1, -0.05) is 36.4 Å². The summed E-state index contributed by atoms with van der Waals surface area (Å²) in [7, 11) is 0. The van der Waals surface area contributed by atoms with E-state index in [0.29, 0.717) is 0 Å². The number of anilines is 2. The molecule has 3 aromatic rings. The quantitative estimate of drug-likeness (QED) is 0.450. The first-order valence-corrected chi connectivity index (χ1v) is 9.74. The van der Waals surface area contributed by atoms with E-state index in [2.05, 4.69) is 71.5 Å². The summed E-state index contributed by atoms with van der Waals surface area (Å²) < 4.78 is 0. The molecule has 0 saturated carbocycles. The fraction of sp³-hybridized carbons (Fsp3) is 0.238. The number of benzene rings is 2. The van der Waals surface area contributed by atoms with Gasteiger partial charge in [0, 0.05) is 29.7 Å². The molecule has 0 aliphatic rings. The molecule has 0 fully saturated rings. The molecule has 0 amide bonds. The van der Waals surface area contributed by atoms with Gasteiger partial charge in [0.1, 0.15) is 0 Å². The number of aryl methyl sites for hydroxylation is 1. The Hall–Kier alpha value is -2.66. The highest BCUT2D eigenvalue weighted by Crippen LogP contribution is 2.24. The number of rotatable bonds is 7. The van der Waals surface area contributed by atoms with Gasteiger partial charge in [0.2, 0.25) is 5.13 Å². The molecule has 0 unspecified atom stereocenters. The van der Waals surface area contributed by atoms with Crippen LogP contribution < -0.4 is 10.3 Å². The van der Waals surface area contributed by atoms with Crippen molar-refractivity contribution in [3.63, 3.8) is 0 Å². The molecule has 4 nitrogen and oxygen atoms in total. The van der Waals surface area contributed by atoms with Gasteiger partial charge >= 0.3 is 0 Å². The number of thiazole rings is 1. The van der Waals surface area contributed by atoms with Crippen molar-refractivity contribution >= 4 is 28.4 Å². The molecule has 0 aliphatic carbocycles. The lowest BCUT2D eigenvalue weighted by Gasteiger charge is -2.21. The summed E-state index contributed by atoms with van der Waals surface area (Å²) in [5.74, 6) is 0. The van der Waals surface area contributed by atoms with Gasteiger partial charge in [0.15, 0.2) is 0 Å². The largest absolute Gasteiger partial charge is 0.372 e. The lowest BCUT2D eigenvalue weighted by atomic mass is 10.1. The highest BCUT2D eigenvalue weighted by Gasteiger charge is 2.05. The van der Waals surface area contributed by atoms with Crippen molar-refractivity contribution in [3.8, 4) is 11.3 Å². The monoisotopic (exact) mass is 364 g/mol. The lowest BCUT2D eigenvalue weighted by Crippen LogP contribution is -2.21. The maximum Gasteiger partial charge on any atom is 0.203 e. The zero-order valence-corrected chi connectivity index (χ0v) is 16.3. The second-order valence-electron chi connectivity index (χ2n) is 5.99. The van der Waals surface area contributed by atoms with Crippen molar-refractivity contribution in [3.05, 3.63) is 65.0 Å². The molecule has 5 heteroatoms. The van der Waals surface area contributed by atoms with Gasteiger partial charge in [-0.3, -0.25) is 5.43 Å². The van der Waals surface area contributed by atoms with Crippen molar-refractivity contribution < 1.29 is 0 Å². The Kier molecular flexibility index (Phi) is 6.02. The smallest absolute Gasteiger partial charge is 0.203 e. The summed E-state index contributed by atoms with van der Waals surface area (Å²) in [6.07, 6.45) is 1.85. The van der Waals surface area contributed by atoms with Crippen molar-refractivity contribution in [1.29, 1.82) is 0 Å². The highest BCUT2D eigenvalue weighted by molar-refractivity contribution is 7.14. The number of hydrazone groups is 1. The van der Waals surface area contributed by atoms with Gasteiger partial charge in [-0.15, -0.1) is 11.3 Å². The Morgan fingerprint density at radius 2 is 1.88 bits per heavy atom. The van der Waals surface area contributed by atoms with E-state index >= 15 is 0 Å². The maximum absolute atomic E-state index is 4.58. The van der Waals surface area contributed by atoms with Gasteiger partial charge < -0.3 is 4.90 Å². The summed E-state index contributed by atoms with van der Waals surface area (Å²) in [6.45, 7) is 8.49. The molecule has 0 aliphatic heterocycles. The zero-order valence-electron chi connectivity index (χ0n) is 15.4. The van der Waals surface area contributed by atoms with Crippen molar-refractivity contribution in [2.24, 2.45) is 5.10 Å². The van der Waals surface area contributed by atoms with Gasteiger partial charge in [-0.2, -0.15) is 5.10 Å². The third-order valence-corrected chi connectivity index (χ3v) is 5.07. The van der Waals surface area contributed by atoms with Gasteiger partial charge in [0.25, 0.3) is 0 Å². The molecule has 134 valence electrons. The molecule has 1 N–H and O–H groups in total. The molecule has 2 aromatic carbocycles. The topological polar surface area (TPSA) is 40.5 Å². The van der Waals surface area contributed by atoms with E-state index in [-0.39, 0.29) is 0 Å². The predicted octanol–water partition coefficient (Wildman–Crippen LogP) is 5.41. The minimum absolute atomic E-state index is 0.789. The Balaban J connectivity index is 1.67. The van der Waals surface area contributed by atoms with Crippen LogP contribution in [0.1, 0.15) is 25.0 Å². The van der Waals surface area contributed by atoms with Crippen molar-refractivity contribution in [2.75, 3.05) is 23.4 Å². The summed E-state index contributed by atoms with van der Waals surface area (Å²) >= 11 is 1.55. The minimum atomic E-state index is 0.789. The van der Waals surface area contributed by atoms with Crippen molar-refractivity contribution in [1.82, 2.24) is 4.98 Å². The summed E-state index contributed by atoms with van der Waals surface area (Å²) in [5.41, 5.74) is 8.69. The molecule has 0 radical (unpaired) electrons. The maximum atomic E-state index is 4.58. The van der Waals surface area contributed by atoms with Crippen LogP contribution >= 0.6 is 11.3 Å². The molecular formula is C21H24N4S. The molecule has 1 aromatic heterocycles. The molecular weight excluding hydrogens is 340 g/mol. The lowest BCUT2D eigenvalue weighted by molar-refractivity contribution is 0.865. The molecule has 26 heavy (non-hydrogen) atoms. The Bertz CT molecular complexity index is 867. The van der Waals surface area contributed by atoms with E-state index in [1.165, 1.54) is 11.3 Å². The average molecular weight is 365 g/mol. The summed E-state index contributed by atoms with van der Waals surface area (Å²) in [5, 5.41) is 7.18. The van der Waals surface area contributed by atoms with Gasteiger partial charge in [-0.25, -0.2) is 4.98 Å². The first kappa shape index (κ1) is 18.1. The average Bonchev–Trinajstić information content (AvgIpc) is 3.14. The first-order chi connectivity index (χ1) is 12.7. The number of hydrogen-bond acceptors (Lipinski definition) is 5. The zero-order chi connectivity index (χ0) is 18.4. The van der Waals surface area contributed by atoms with E-state index < -0.39 is 0 Å². The van der Waals surface area contributed by atoms with E-state index in [4.69, 9.17) is 0 Å². The highest BCUT2D eigenvalue weighted by atomic mass is 32.1. The molecule has 1 heterocycles. The summed E-state index contributed by atoms with van der Waals surface area (Å²) in [4.78, 5) is 6.92. The van der Waals surface area contributed by atoms with E-state index in [0.717, 1.165) is 35.0 Å². The standard InChI is InChI=1S/C21H24N4S/c1-4-25(5-2)19-12-11-18(16(3)13-19)14-22-24-21-23-20(15-26-21)17-9-7-6-8-10-17/h6-15H,4-5H2,1-3H3,(H,23,24). The number of hydrogen-bond donors (Lipinski definition) is 1. The Labute approximate surface area is 159 Å². The van der Waals surface area contributed by atoms with Crippen LogP contribution in [0, 0.1) is 6.92 Å². The van der Waals surface area contributed by atoms with Crippen LogP contribution in [-0.4, -0.2) is 24.3 Å². The summed E-state index contributed by atoms with van der Waals surface area (Å²) in [6, 6.07) is 16.6. The van der Waals surface area contributed by atoms with Crippen LogP contribution in [0.3, 0.4) is 0 Å². The Morgan fingerprint density at radius 1 is 1.12 bits per heavy atom. The van der Waals surface area contributed by atoms with Crippen LogP contribution in [0.15, 0.2) is 59.0 Å². The predicted molar refractivity (Wildman–Crippen MR) is 114 cm³/mol. The molecule has 3 rings (SSSR count). The van der Waals surface area contributed by atoms with E-state index in [9.17, 15) is 0 Å². The Morgan fingerprint density at radius 3 is 2.58 bits per heavy atom. The third kappa shape index (κ3) is 4.29. The second-order valence-corrected chi connectivity index (χ2v) is 6.85. The fourth-order valence-electron chi connectivity index (χ4n) is 2.81. The molecule has 0 saturated heterocycles. The van der Waals surface area contributed by atoms with Crippen LogP contribution in [-0.2, 0) is 0 Å². The SMILES string of the molecule is CCN(CC)c1ccc(C=NNc2nc(-c3ccccc3)cs2)c(C)c1. The van der Waals surface area contributed by atoms with Crippen LogP contribution in [0.4, 0.5) is 10.8 Å². The fourth-order valence-corrected chi connectivity index (χ4v) is 3.48. The number of nitrogens with zero attached hydrogens (tertiary/aromatic N) is 3. The van der Waals surface area contributed by atoms with E-state index in [1.807, 2.05) is 29.8 Å². The van der Waals surface area contributed by atoms with Crippen LogP contribution in [0.2, 0.25) is 0 Å². The van der Waals surface area contributed by atoms with Crippen LogP contribution in [0.5, 0.6) is 0 Å². The second kappa shape index (κ2) is 8.63. The third-order valence-electron chi connectivity index (χ3n) is 4.32. The number of nitrogens with one attached hydrogen (secondary N) is 1. The van der Waals surface area contributed by atoms with E-state index in [1.54, 1.807) is 11.3 Å². The molecule has 0 bridgehead atoms. The van der Waals surface area contributed by atoms with Gasteiger partial charge in [-0.05, 0) is 44.0 Å². The first-order valence-electron chi connectivity index (χ1n) is 8.87. The van der Waals surface area contributed by atoms with Gasteiger partial charge in [0.05, 0.1) is 11.9 Å². The normalized spacial score (nSPS) is 11.0. The molecule has 0 atom stereocenters.